The summed E-state index contributed by atoms with van der Waals surface area (Å²) in [5.74, 6) is 0. The molecule has 0 aliphatic heterocycles. The van der Waals surface area contributed by atoms with E-state index in [1.54, 1.807) is 0 Å². The number of nitrogens with one attached hydrogen (secondary N) is 1. The molecule has 0 spiro atoms. The molecular weight excluding hydrogens is 254 g/mol. The average molecular weight is 271 g/mol. The van der Waals surface area contributed by atoms with Crippen molar-refractivity contribution in [2.45, 2.75) is 6.54 Å². The van der Waals surface area contributed by atoms with Gasteiger partial charge in [0.2, 0.25) is 0 Å². The highest BCUT2D eigenvalue weighted by Gasteiger charge is 2.04. The molecule has 0 saturated heterocycles. The van der Waals surface area contributed by atoms with Crippen LogP contribution in [0.3, 0.4) is 0 Å². The highest BCUT2D eigenvalue weighted by molar-refractivity contribution is 5.68. The zero-order chi connectivity index (χ0) is 14.5. The van der Waals surface area contributed by atoms with E-state index in [2.05, 4.69) is 53.8 Å². The van der Waals surface area contributed by atoms with Gasteiger partial charge in [-0.2, -0.15) is 0 Å². The monoisotopic (exact) mass is 271 g/mol. The highest BCUT2D eigenvalue weighted by Crippen LogP contribution is 2.24. The molecule has 0 aromatic heterocycles. The lowest BCUT2D eigenvalue weighted by Crippen LogP contribution is -2.00. The van der Waals surface area contributed by atoms with Crippen molar-refractivity contribution in [2.24, 2.45) is 0 Å². The minimum absolute atomic E-state index is 0.790. The molecule has 0 unspecified atom stereocenters. The summed E-state index contributed by atoms with van der Waals surface area (Å²) >= 11 is 0. The molecule has 3 rings (SSSR count). The van der Waals surface area contributed by atoms with Crippen molar-refractivity contribution in [3.8, 4) is 11.1 Å². The molecule has 0 heterocycles. The highest BCUT2D eigenvalue weighted by atomic mass is 14.9. The van der Waals surface area contributed by atoms with Gasteiger partial charge in [-0.25, -0.2) is 0 Å². The third-order valence-electron chi connectivity index (χ3n) is 3.50. The van der Waals surface area contributed by atoms with Crippen LogP contribution in [0.5, 0.6) is 0 Å². The number of benzene rings is 3. The van der Waals surface area contributed by atoms with Crippen LogP contribution in [0.4, 0.5) is 5.69 Å². The van der Waals surface area contributed by atoms with Gasteiger partial charge in [-0.3, -0.25) is 0 Å². The van der Waals surface area contributed by atoms with Gasteiger partial charge in [0.05, 0.1) is 0 Å². The van der Waals surface area contributed by atoms with Crippen molar-refractivity contribution in [1.82, 2.24) is 0 Å². The SMILES string of the molecule is [CH]c1ccc(-c2ccccc2CNc2ccccc2)cc1. The van der Waals surface area contributed by atoms with E-state index in [1.807, 2.05) is 30.3 Å². The molecule has 0 aliphatic carbocycles. The third kappa shape index (κ3) is 3.32. The second-order valence-corrected chi connectivity index (χ2v) is 5.00. The smallest absolute Gasteiger partial charge is 0.0406 e. The molecule has 0 bridgehead atoms. The molecule has 0 amide bonds. The van der Waals surface area contributed by atoms with Crippen LogP contribution >= 0.6 is 0 Å². The molecule has 21 heavy (non-hydrogen) atoms. The first-order chi connectivity index (χ1) is 10.3. The van der Waals surface area contributed by atoms with E-state index in [0.29, 0.717) is 0 Å². The van der Waals surface area contributed by atoms with Crippen LogP contribution in [-0.2, 0) is 6.54 Å². The Hall–Kier alpha value is -2.54. The van der Waals surface area contributed by atoms with Crippen molar-refractivity contribution in [2.75, 3.05) is 5.32 Å². The van der Waals surface area contributed by atoms with E-state index >= 15 is 0 Å². The van der Waals surface area contributed by atoms with Crippen molar-refractivity contribution >= 4 is 5.69 Å². The third-order valence-corrected chi connectivity index (χ3v) is 3.50. The van der Waals surface area contributed by atoms with Crippen LogP contribution in [0.15, 0.2) is 78.9 Å². The number of hydrogen-bond acceptors (Lipinski definition) is 1. The van der Waals surface area contributed by atoms with Gasteiger partial charge in [-0.1, -0.05) is 66.7 Å². The van der Waals surface area contributed by atoms with Gasteiger partial charge < -0.3 is 5.32 Å². The summed E-state index contributed by atoms with van der Waals surface area (Å²) in [7, 11) is 0. The van der Waals surface area contributed by atoms with Crippen LogP contribution in [0, 0.1) is 6.92 Å². The van der Waals surface area contributed by atoms with E-state index in [1.165, 1.54) is 16.7 Å². The summed E-state index contributed by atoms with van der Waals surface area (Å²) in [6, 6.07) is 26.7. The van der Waals surface area contributed by atoms with Gasteiger partial charge in [0, 0.05) is 12.2 Å². The van der Waals surface area contributed by atoms with E-state index in [0.717, 1.165) is 17.8 Å². The van der Waals surface area contributed by atoms with E-state index in [9.17, 15) is 0 Å². The fourth-order valence-electron chi connectivity index (χ4n) is 2.37. The Morgan fingerprint density at radius 2 is 1.38 bits per heavy atom. The standard InChI is InChI=1S/C20H17N/c1-16-11-13-17(14-12-16)20-10-6-5-7-18(20)15-21-19-8-3-2-4-9-19/h1-14,21H,15H2. The molecule has 0 saturated carbocycles. The summed E-state index contributed by atoms with van der Waals surface area (Å²) in [6.45, 7) is 6.56. The van der Waals surface area contributed by atoms with Crippen LogP contribution in [-0.4, -0.2) is 0 Å². The number of rotatable bonds is 4. The Labute approximate surface area is 126 Å². The molecule has 102 valence electrons. The summed E-state index contributed by atoms with van der Waals surface area (Å²) in [4.78, 5) is 0. The topological polar surface area (TPSA) is 12.0 Å². The molecule has 0 atom stereocenters. The van der Waals surface area contributed by atoms with Crippen LogP contribution in [0.2, 0.25) is 0 Å². The summed E-state index contributed by atoms with van der Waals surface area (Å²) < 4.78 is 0. The predicted molar refractivity (Wildman–Crippen MR) is 89.0 cm³/mol. The predicted octanol–water partition coefficient (Wildman–Crippen LogP) is 5.02. The molecular formula is C20H17N. The second kappa shape index (κ2) is 6.27. The maximum atomic E-state index is 5.77. The first kappa shape index (κ1) is 13.4. The van der Waals surface area contributed by atoms with Crippen molar-refractivity contribution in [1.29, 1.82) is 0 Å². The zero-order valence-corrected chi connectivity index (χ0v) is 11.8. The van der Waals surface area contributed by atoms with Crippen LogP contribution < -0.4 is 5.32 Å². The summed E-state index contributed by atoms with van der Waals surface area (Å²) in [5, 5.41) is 3.46. The van der Waals surface area contributed by atoms with Crippen LogP contribution in [0.1, 0.15) is 11.1 Å². The lowest BCUT2D eigenvalue weighted by Gasteiger charge is -2.12. The maximum Gasteiger partial charge on any atom is 0.0406 e. The molecule has 3 aromatic rings. The minimum Gasteiger partial charge on any atom is -0.381 e. The number of para-hydroxylation sites is 1. The number of hydrogen-bond donors (Lipinski definition) is 1. The quantitative estimate of drug-likeness (QED) is 0.702. The Morgan fingerprint density at radius 1 is 0.714 bits per heavy atom. The van der Waals surface area contributed by atoms with Crippen molar-refractivity contribution < 1.29 is 0 Å². The average Bonchev–Trinajstić information content (AvgIpc) is 2.55. The molecule has 1 N–H and O–H groups in total. The minimum atomic E-state index is 0.790. The largest absolute Gasteiger partial charge is 0.381 e. The Bertz CT molecular complexity index is 699. The first-order valence-corrected chi connectivity index (χ1v) is 7.06. The van der Waals surface area contributed by atoms with Gasteiger partial charge in [0.15, 0.2) is 0 Å². The first-order valence-electron chi connectivity index (χ1n) is 7.06. The lowest BCUT2D eigenvalue weighted by atomic mass is 9.99. The van der Waals surface area contributed by atoms with Gasteiger partial charge in [-0.15, -0.1) is 0 Å². The number of anilines is 1. The molecule has 0 aliphatic rings. The Balaban J connectivity index is 1.84. The van der Waals surface area contributed by atoms with E-state index in [4.69, 9.17) is 6.92 Å². The van der Waals surface area contributed by atoms with Crippen molar-refractivity contribution in [3.05, 3.63) is 96.9 Å². The fraction of sp³-hybridized carbons (Fsp3) is 0.0500. The molecule has 3 aromatic carbocycles. The van der Waals surface area contributed by atoms with Gasteiger partial charge >= 0.3 is 0 Å². The van der Waals surface area contributed by atoms with E-state index in [-0.39, 0.29) is 0 Å². The van der Waals surface area contributed by atoms with Gasteiger partial charge in [0.25, 0.3) is 0 Å². The maximum absolute atomic E-state index is 5.77. The Kier molecular flexibility index (Phi) is 4.02. The lowest BCUT2D eigenvalue weighted by molar-refractivity contribution is 1.15. The second-order valence-electron chi connectivity index (χ2n) is 5.00. The van der Waals surface area contributed by atoms with Gasteiger partial charge in [-0.05, 0) is 41.3 Å². The summed E-state index contributed by atoms with van der Waals surface area (Å²) in [5.41, 5.74) is 5.62. The molecule has 1 nitrogen and oxygen atoms in total. The fourth-order valence-corrected chi connectivity index (χ4v) is 2.37. The molecule has 1 heteroatoms. The van der Waals surface area contributed by atoms with Crippen LogP contribution in [0.25, 0.3) is 11.1 Å². The Morgan fingerprint density at radius 3 is 2.14 bits per heavy atom. The summed E-state index contributed by atoms with van der Waals surface area (Å²) in [6.07, 6.45) is 0. The normalized spacial score (nSPS) is 10.3. The zero-order valence-electron chi connectivity index (χ0n) is 11.8. The molecule has 0 fully saturated rings. The molecule has 2 radical (unpaired) electrons. The van der Waals surface area contributed by atoms with E-state index < -0.39 is 0 Å². The van der Waals surface area contributed by atoms with Gasteiger partial charge in [0.1, 0.15) is 0 Å². The van der Waals surface area contributed by atoms with Crippen molar-refractivity contribution in [3.63, 3.8) is 0 Å².